The number of anilines is 1. The smallest absolute Gasteiger partial charge is 0.243 e. The Kier molecular flexibility index (Phi) is 5.89. The van der Waals surface area contributed by atoms with Crippen molar-refractivity contribution in [3.05, 3.63) is 71.1 Å². The summed E-state index contributed by atoms with van der Waals surface area (Å²) in [6.45, 7) is 5.81. The highest BCUT2D eigenvalue weighted by molar-refractivity contribution is 5.96. The number of aromatic nitrogens is 1. The zero-order chi connectivity index (χ0) is 20.1. The number of carbonyl (C=O) groups excluding carboxylic acids is 2. The molecule has 1 heterocycles. The van der Waals surface area contributed by atoms with Crippen molar-refractivity contribution >= 4 is 17.5 Å². The van der Waals surface area contributed by atoms with Gasteiger partial charge in [0.05, 0.1) is 18.7 Å². The minimum Gasteiger partial charge on any atom is -0.444 e. The molecule has 0 aliphatic heterocycles. The van der Waals surface area contributed by atoms with Crippen molar-refractivity contribution in [2.75, 3.05) is 11.9 Å². The average molecular weight is 377 g/mol. The van der Waals surface area contributed by atoms with Gasteiger partial charge in [-0.15, -0.1) is 0 Å². The van der Waals surface area contributed by atoms with Crippen molar-refractivity contribution in [3.63, 3.8) is 0 Å². The minimum atomic E-state index is -0.291. The second kappa shape index (κ2) is 8.52. The predicted octanol–water partition coefficient (Wildman–Crippen LogP) is 3.56. The van der Waals surface area contributed by atoms with Crippen LogP contribution in [0.15, 0.2) is 53.1 Å². The normalized spacial score (nSPS) is 10.5. The first-order valence-electron chi connectivity index (χ1n) is 9.06. The van der Waals surface area contributed by atoms with Crippen LogP contribution in [0.1, 0.15) is 22.4 Å². The van der Waals surface area contributed by atoms with Crippen molar-refractivity contribution in [2.45, 2.75) is 27.2 Å². The van der Waals surface area contributed by atoms with Gasteiger partial charge in [-0.3, -0.25) is 9.59 Å². The Morgan fingerprint density at radius 1 is 1.00 bits per heavy atom. The van der Waals surface area contributed by atoms with Gasteiger partial charge in [0.1, 0.15) is 6.26 Å². The molecular weight excluding hydrogens is 354 g/mol. The van der Waals surface area contributed by atoms with E-state index in [0.29, 0.717) is 11.6 Å². The Morgan fingerprint density at radius 2 is 1.68 bits per heavy atom. The molecule has 0 spiro atoms. The van der Waals surface area contributed by atoms with Gasteiger partial charge in [0.15, 0.2) is 0 Å². The van der Waals surface area contributed by atoms with Crippen LogP contribution in [0.5, 0.6) is 0 Å². The summed E-state index contributed by atoms with van der Waals surface area (Å²) in [5, 5.41) is 5.48. The van der Waals surface area contributed by atoms with E-state index in [4.69, 9.17) is 4.42 Å². The molecule has 0 aliphatic rings. The monoisotopic (exact) mass is 377 g/mol. The van der Waals surface area contributed by atoms with E-state index in [9.17, 15) is 9.59 Å². The number of carbonyl (C=O) groups is 2. The van der Waals surface area contributed by atoms with Gasteiger partial charge in [0.25, 0.3) is 0 Å². The zero-order valence-corrected chi connectivity index (χ0v) is 16.2. The van der Waals surface area contributed by atoms with E-state index in [1.165, 1.54) is 6.26 Å². The van der Waals surface area contributed by atoms with Crippen LogP contribution in [0.25, 0.3) is 11.5 Å². The van der Waals surface area contributed by atoms with E-state index in [1.807, 2.05) is 63.2 Å². The van der Waals surface area contributed by atoms with Gasteiger partial charge in [0, 0.05) is 11.3 Å². The Balaban J connectivity index is 1.52. The Hall–Kier alpha value is -3.41. The molecule has 1 aromatic heterocycles. The van der Waals surface area contributed by atoms with Gasteiger partial charge in [-0.25, -0.2) is 4.98 Å². The maximum absolute atomic E-state index is 12.2. The van der Waals surface area contributed by atoms with Gasteiger partial charge >= 0.3 is 0 Å². The molecule has 6 nitrogen and oxygen atoms in total. The van der Waals surface area contributed by atoms with Gasteiger partial charge in [-0.05, 0) is 44.0 Å². The van der Waals surface area contributed by atoms with Crippen LogP contribution in [0, 0.1) is 20.8 Å². The Labute approximate surface area is 164 Å². The molecule has 2 N–H and O–H groups in total. The maximum atomic E-state index is 12.2. The van der Waals surface area contributed by atoms with Crippen LogP contribution in [-0.4, -0.2) is 23.3 Å². The number of aryl methyl sites for hydroxylation is 3. The van der Waals surface area contributed by atoms with E-state index >= 15 is 0 Å². The number of hydrogen-bond acceptors (Lipinski definition) is 4. The number of nitrogens with one attached hydrogen (secondary N) is 2. The van der Waals surface area contributed by atoms with E-state index in [-0.39, 0.29) is 24.8 Å². The molecule has 0 fully saturated rings. The third kappa shape index (κ3) is 4.85. The number of rotatable bonds is 6. The average Bonchev–Trinajstić information content (AvgIpc) is 3.12. The largest absolute Gasteiger partial charge is 0.444 e. The van der Waals surface area contributed by atoms with Crippen molar-refractivity contribution in [1.82, 2.24) is 10.3 Å². The molecule has 144 valence electrons. The predicted molar refractivity (Wildman–Crippen MR) is 108 cm³/mol. The molecule has 0 unspecified atom stereocenters. The summed E-state index contributed by atoms with van der Waals surface area (Å²) >= 11 is 0. The lowest BCUT2D eigenvalue weighted by Gasteiger charge is -2.13. The van der Waals surface area contributed by atoms with Crippen LogP contribution in [0.2, 0.25) is 0 Å². The summed E-state index contributed by atoms with van der Waals surface area (Å²) in [7, 11) is 0. The van der Waals surface area contributed by atoms with Crippen molar-refractivity contribution < 1.29 is 14.0 Å². The first kappa shape index (κ1) is 19.4. The lowest BCUT2D eigenvalue weighted by Crippen LogP contribution is -2.34. The van der Waals surface area contributed by atoms with Crippen molar-refractivity contribution in [1.29, 1.82) is 0 Å². The van der Waals surface area contributed by atoms with E-state index in [1.54, 1.807) is 0 Å². The number of oxazole rings is 1. The highest BCUT2D eigenvalue weighted by atomic mass is 16.3. The summed E-state index contributed by atoms with van der Waals surface area (Å²) in [4.78, 5) is 28.6. The second-order valence-corrected chi connectivity index (χ2v) is 6.79. The summed E-state index contributed by atoms with van der Waals surface area (Å²) in [6, 6.07) is 13.5. The molecular formula is C22H23N3O3. The summed E-state index contributed by atoms with van der Waals surface area (Å²) in [6.07, 6.45) is 1.51. The number of hydrogen-bond donors (Lipinski definition) is 2. The zero-order valence-electron chi connectivity index (χ0n) is 16.2. The van der Waals surface area contributed by atoms with Crippen LogP contribution >= 0.6 is 0 Å². The molecule has 0 saturated carbocycles. The summed E-state index contributed by atoms with van der Waals surface area (Å²) in [5.41, 5.74) is 5.28. The van der Waals surface area contributed by atoms with E-state index in [2.05, 4.69) is 15.6 Å². The van der Waals surface area contributed by atoms with Gasteiger partial charge in [-0.1, -0.05) is 35.9 Å². The second-order valence-electron chi connectivity index (χ2n) is 6.79. The highest BCUT2D eigenvalue weighted by Gasteiger charge is 2.13. The quantitative estimate of drug-likeness (QED) is 0.688. The molecule has 0 atom stereocenters. The number of benzene rings is 2. The third-order valence-corrected chi connectivity index (χ3v) is 4.30. The number of nitrogens with zero attached hydrogens (tertiary/aromatic N) is 1. The standard InChI is InChI=1S/C22H23N3O3/c1-14-9-15(2)21(16(3)10-14)25-20(27)12-23-19(26)11-18-13-28-22(24-18)17-7-5-4-6-8-17/h4-10,13H,11-12H2,1-3H3,(H,23,26)(H,25,27). The Bertz CT molecular complexity index is 970. The molecule has 2 amide bonds. The van der Waals surface area contributed by atoms with Crippen molar-refractivity contribution in [2.24, 2.45) is 0 Å². The van der Waals surface area contributed by atoms with Crippen LogP contribution in [0.3, 0.4) is 0 Å². The fraction of sp³-hybridized carbons (Fsp3) is 0.227. The molecule has 0 radical (unpaired) electrons. The summed E-state index contributed by atoms with van der Waals surface area (Å²) in [5.74, 6) is -0.0968. The SMILES string of the molecule is Cc1cc(C)c(NC(=O)CNC(=O)Cc2coc(-c3ccccc3)n2)c(C)c1. The number of amides is 2. The first-order valence-corrected chi connectivity index (χ1v) is 9.06. The molecule has 3 aromatic rings. The summed E-state index contributed by atoms with van der Waals surface area (Å²) < 4.78 is 5.42. The topological polar surface area (TPSA) is 84.2 Å². The molecule has 0 bridgehead atoms. The molecule has 3 rings (SSSR count). The van der Waals surface area contributed by atoms with Crippen LogP contribution in [-0.2, 0) is 16.0 Å². The minimum absolute atomic E-state index is 0.0478. The highest BCUT2D eigenvalue weighted by Crippen LogP contribution is 2.21. The van der Waals surface area contributed by atoms with Crippen LogP contribution < -0.4 is 10.6 Å². The third-order valence-electron chi connectivity index (χ3n) is 4.30. The van der Waals surface area contributed by atoms with E-state index in [0.717, 1.165) is 27.9 Å². The molecule has 2 aromatic carbocycles. The molecule has 0 saturated heterocycles. The maximum Gasteiger partial charge on any atom is 0.243 e. The molecule has 28 heavy (non-hydrogen) atoms. The fourth-order valence-corrected chi connectivity index (χ4v) is 3.07. The van der Waals surface area contributed by atoms with Gasteiger partial charge in [0.2, 0.25) is 17.7 Å². The Morgan fingerprint density at radius 3 is 2.36 bits per heavy atom. The fourth-order valence-electron chi connectivity index (χ4n) is 3.07. The van der Waals surface area contributed by atoms with E-state index < -0.39 is 0 Å². The molecule has 0 aliphatic carbocycles. The van der Waals surface area contributed by atoms with Gasteiger partial charge in [-0.2, -0.15) is 0 Å². The van der Waals surface area contributed by atoms with Gasteiger partial charge < -0.3 is 15.1 Å². The lowest BCUT2D eigenvalue weighted by molar-refractivity contribution is -0.123. The molecule has 6 heteroatoms. The van der Waals surface area contributed by atoms with Crippen LogP contribution in [0.4, 0.5) is 5.69 Å². The van der Waals surface area contributed by atoms with Crippen molar-refractivity contribution in [3.8, 4) is 11.5 Å². The lowest BCUT2D eigenvalue weighted by atomic mass is 10.1. The first-order chi connectivity index (χ1) is 13.4.